The summed E-state index contributed by atoms with van der Waals surface area (Å²) < 4.78 is 69.6. The lowest BCUT2D eigenvalue weighted by Crippen LogP contribution is -2.33. The van der Waals surface area contributed by atoms with Crippen LogP contribution in [0.25, 0.3) is 0 Å². The molecule has 0 radical (unpaired) electrons. The Bertz CT molecular complexity index is 2010. The van der Waals surface area contributed by atoms with Crippen LogP contribution in [0.2, 0.25) is 0 Å². The first-order chi connectivity index (χ1) is 26.4. The van der Waals surface area contributed by atoms with Crippen molar-refractivity contribution in [3.05, 3.63) is 78.1 Å². The Morgan fingerprint density at radius 3 is 2.32 bits per heavy atom. The van der Waals surface area contributed by atoms with E-state index in [9.17, 15) is 24.1 Å². The summed E-state index contributed by atoms with van der Waals surface area (Å²) in [4.78, 5) is 43.4. The number of H-pyrrole nitrogens is 1. The normalized spacial score (nSPS) is 22.8. The maximum absolute atomic E-state index is 13.6. The van der Waals surface area contributed by atoms with Crippen molar-refractivity contribution in [3.63, 3.8) is 0 Å². The molecule has 3 heterocycles. The number of ether oxygens (including phenoxy) is 1. The number of fused-ring (bicyclic) bond motifs is 2. The summed E-state index contributed by atoms with van der Waals surface area (Å²) in [5, 5.41) is 10.5. The molecule has 56 heavy (non-hydrogen) atoms. The van der Waals surface area contributed by atoms with Crippen molar-refractivity contribution in [2.24, 2.45) is 4.99 Å². The van der Waals surface area contributed by atoms with Crippen LogP contribution >= 0.6 is 56.8 Å². The number of nitrogens with zero attached hydrogens (tertiary/aromatic N) is 2. The third-order valence-electron chi connectivity index (χ3n) is 7.98. The molecule has 1 aromatic heterocycles. The Kier molecular flexibility index (Phi) is 17.1. The lowest BCUT2D eigenvalue weighted by atomic mass is 9.71. The molecular formula is C32H43Cl2N3O15P4. The van der Waals surface area contributed by atoms with Gasteiger partial charge < -0.3 is 32.5 Å². The number of halogens is 2. The highest BCUT2D eigenvalue weighted by atomic mass is 35.5. The number of hydrogen-bond acceptors (Lipinski definition) is 16. The van der Waals surface area contributed by atoms with Crippen LogP contribution in [-0.4, -0.2) is 73.4 Å². The number of aliphatic hydroxyl groups is 1. The van der Waals surface area contributed by atoms with E-state index in [1.54, 1.807) is 18.2 Å². The number of aryl methyl sites for hydroxylation is 1. The van der Waals surface area contributed by atoms with Crippen molar-refractivity contribution in [1.82, 2.24) is 9.55 Å². The number of hydrogen-bond donors (Lipinski definition) is 2. The molecule has 3 aliphatic rings. The Morgan fingerprint density at radius 1 is 1.05 bits per heavy atom. The van der Waals surface area contributed by atoms with Gasteiger partial charge in [-0.3, -0.25) is 23.7 Å². The Labute approximate surface area is 337 Å². The quantitative estimate of drug-likeness (QED) is 0.121. The fourth-order valence-electron chi connectivity index (χ4n) is 5.34. The third kappa shape index (κ3) is 11.1. The molecule has 0 amide bonds. The van der Waals surface area contributed by atoms with Gasteiger partial charge in [0.25, 0.3) is 5.56 Å². The number of aliphatic imine (C=N–C) groups is 1. The number of carbonyl (C=O) groups is 1. The first-order valence-electron chi connectivity index (χ1n) is 16.7. The van der Waals surface area contributed by atoms with E-state index in [0.717, 1.165) is 7.11 Å². The van der Waals surface area contributed by atoms with Crippen LogP contribution < -0.4 is 15.8 Å². The van der Waals surface area contributed by atoms with Crippen molar-refractivity contribution in [2.75, 3.05) is 35.0 Å². The second kappa shape index (κ2) is 20.5. The zero-order chi connectivity index (χ0) is 41.5. The van der Waals surface area contributed by atoms with Crippen LogP contribution in [0.5, 0.6) is 5.75 Å². The fraction of sp³-hybridized carbons (Fsp3) is 0.500. The van der Waals surface area contributed by atoms with Gasteiger partial charge in [0.15, 0.2) is 0 Å². The van der Waals surface area contributed by atoms with Gasteiger partial charge in [0.05, 0.1) is 34.2 Å². The molecule has 1 saturated heterocycles. The van der Waals surface area contributed by atoms with E-state index >= 15 is 0 Å². The van der Waals surface area contributed by atoms with E-state index in [1.807, 2.05) is 13.8 Å². The number of aliphatic hydroxyl groups excluding tert-OH is 1. The van der Waals surface area contributed by atoms with Crippen molar-refractivity contribution < 1.29 is 59.3 Å². The predicted molar refractivity (Wildman–Crippen MR) is 211 cm³/mol. The second-order valence-corrected chi connectivity index (χ2v) is 19.3. The molecule has 310 valence electrons. The molecule has 7 atom stereocenters. The average molecular weight is 905 g/mol. The molecule has 1 fully saturated rings. The third-order valence-corrected chi connectivity index (χ3v) is 14.4. The topological polar surface area (TPSA) is 214 Å². The van der Waals surface area contributed by atoms with E-state index in [-0.39, 0.29) is 34.4 Å². The minimum absolute atomic E-state index is 0.0351. The summed E-state index contributed by atoms with van der Waals surface area (Å²) in [5.41, 5.74) is 0.496. The number of aromatic amines is 1. The van der Waals surface area contributed by atoms with Crippen molar-refractivity contribution in [1.29, 1.82) is 0 Å². The summed E-state index contributed by atoms with van der Waals surface area (Å²) in [6.45, 7) is 9.27. The van der Waals surface area contributed by atoms with E-state index < -0.39 is 74.5 Å². The van der Waals surface area contributed by atoms with Gasteiger partial charge in [0.1, 0.15) is 18.1 Å². The number of rotatable bonds is 16. The van der Waals surface area contributed by atoms with E-state index in [2.05, 4.69) is 23.8 Å². The fourth-order valence-corrected chi connectivity index (χ4v) is 11.2. The van der Waals surface area contributed by atoms with Crippen LogP contribution in [-0.2, 0) is 55.1 Å². The first-order valence-corrected chi connectivity index (χ1v) is 22.2. The number of phosphoric acid groups is 1. The van der Waals surface area contributed by atoms with Gasteiger partial charge >= 0.3 is 39.3 Å². The number of carbonyl (C=O) groups excluding carboxylic acids is 1. The molecule has 0 bridgehead atoms. The van der Waals surface area contributed by atoms with Gasteiger partial charge in [0.2, 0.25) is 5.78 Å². The van der Waals surface area contributed by atoms with Crippen LogP contribution in [0.15, 0.2) is 60.7 Å². The summed E-state index contributed by atoms with van der Waals surface area (Å²) in [7, 11) is -6.91. The number of ketones is 1. The lowest BCUT2D eigenvalue weighted by Gasteiger charge is -2.36. The Balaban J connectivity index is 0.00000225. The predicted octanol–water partition coefficient (Wildman–Crippen LogP) is 7.99. The summed E-state index contributed by atoms with van der Waals surface area (Å²) in [6, 6.07) is 4.94. The summed E-state index contributed by atoms with van der Waals surface area (Å²) >= 11 is 12.5. The number of aromatic nitrogens is 2. The lowest BCUT2D eigenvalue weighted by molar-refractivity contribution is -0.111. The SMILES string of the molecule is CCC.COP(OCC1OC(n2cc(C)c(=O)[nH]c2=O)CC1O)OP(OC)OP(=O)(OC)OP(OC)Oc1ccc2c(c1)C(C)(C)C1=C(Cl)C(=O)C(Cl)=CC1=N2. The van der Waals surface area contributed by atoms with Crippen LogP contribution in [0, 0.1) is 6.92 Å². The number of Topliss-reactive ketones (excluding diaryl/α,β-unsaturated/α-hetero) is 1. The zero-order valence-electron chi connectivity index (χ0n) is 31.8. The standard InChI is InChI=1S/C29H35Cl2N3O15P4.C3H8/c1-15-13-34(28(38)33-27(15)37)23-12-21(35)22(45-23)14-44-50(40-4)47-52(42-6)49-53(39,43-7)48-51(41-5)46-16-8-9-19-17(10-16)29(2,3)24-20(32-19)11-18(30)26(36)25(24)31;1-3-2/h8-11,13,21-23,35H,12,14H2,1-7H3,(H,33,37,38);3H2,1-2H3. The van der Waals surface area contributed by atoms with Gasteiger partial charge in [-0.2, -0.15) is 0 Å². The summed E-state index contributed by atoms with van der Waals surface area (Å²) in [5.74, 6) is -0.269. The second-order valence-electron chi connectivity index (χ2n) is 12.4. The van der Waals surface area contributed by atoms with Crippen molar-refractivity contribution in [2.45, 2.75) is 71.3 Å². The van der Waals surface area contributed by atoms with E-state index in [1.165, 1.54) is 51.5 Å². The smallest absolute Gasteiger partial charge is 0.426 e. The minimum Gasteiger partial charge on any atom is -0.426 e. The maximum atomic E-state index is 13.6. The molecule has 1 aromatic carbocycles. The molecule has 0 spiro atoms. The molecule has 5 rings (SSSR count). The van der Waals surface area contributed by atoms with Crippen LogP contribution in [0.3, 0.4) is 0 Å². The number of nitrogens with one attached hydrogen (secondary N) is 1. The van der Waals surface area contributed by atoms with E-state index in [0.29, 0.717) is 22.5 Å². The highest BCUT2D eigenvalue weighted by Crippen LogP contribution is 2.70. The molecule has 7 unspecified atom stereocenters. The molecule has 2 aliphatic heterocycles. The highest BCUT2D eigenvalue weighted by Gasteiger charge is 2.43. The summed E-state index contributed by atoms with van der Waals surface area (Å²) in [6.07, 6.45) is 1.28. The molecule has 24 heteroatoms. The zero-order valence-corrected chi connectivity index (χ0v) is 36.9. The van der Waals surface area contributed by atoms with Gasteiger partial charge in [-0.1, -0.05) is 57.3 Å². The van der Waals surface area contributed by atoms with E-state index in [4.69, 9.17) is 68.0 Å². The molecule has 2 aromatic rings. The van der Waals surface area contributed by atoms with Gasteiger partial charge in [0, 0.05) is 57.6 Å². The van der Waals surface area contributed by atoms with Gasteiger partial charge in [-0.05, 0) is 36.8 Å². The van der Waals surface area contributed by atoms with Crippen molar-refractivity contribution >= 4 is 74.0 Å². The average Bonchev–Trinajstić information content (AvgIpc) is 3.52. The number of allylic oxidation sites excluding steroid dienone is 4. The van der Waals surface area contributed by atoms with Gasteiger partial charge in [-0.25, -0.2) is 27.3 Å². The van der Waals surface area contributed by atoms with Crippen molar-refractivity contribution in [3.8, 4) is 5.75 Å². The largest absolute Gasteiger partial charge is 0.489 e. The maximum Gasteiger partial charge on any atom is 0.489 e. The molecule has 1 aliphatic carbocycles. The highest BCUT2D eigenvalue weighted by molar-refractivity contribution is 7.66. The minimum atomic E-state index is -4.51. The molecule has 2 N–H and O–H groups in total. The Morgan fingerprint density at radius 2 is 1.70 bits per heavy atom. The van der Waals surface area contributed by atoms with Crippen LogP contribution in [0.4, 0.5) is 5.69 Å². The molecule has 0 saturated carbocycles. The molecule has 18 nitrogen and oxygen atoms in total. The van der Waals surface area contributed by atoms with Gasteiger partial charge in [-0.15, -0.1) is 0 Å². The number of benzene rings is 1. The van der Waals surface area contributed by atoms with Crippen LogP contribution in [0.1, 0.15) is 57.9 Å². The molecular weight excluding hydrogens is 861 g/mol. The Hall–Kier alpha value is -1.78. The first kappa shape index (κ1) is 46.9. The monoisotopic (exact) mass is 903 g/mol.